The summed E-state index contributed by atoms with van der Waals surface area (Å²) >= 11 is 1.91. The van der Waals surface area contributed by atoms with Crippen molar-refractivity contribution in [1.82, 2.24) is 9.13 Å². The van der Waals surface area contributed by atoms with Crippen molar-refractivity contribution in [2.24, 2.45) is 5.92 Å². The SMILES string of the molecule is CC(C)Cc1ccc(-n2c3cc(-n4c5ccccc5c5ccccc54)ccc3c3c4sc5ccccc5c4ccc32)cc1. The zero-order valence-electron chi connectivity index (χ0n) is 24.2. The van der Waals surface area contributed by atoms with Crippen LogP contribution in [0.25, 0.3) is 75.2 Å². The number of fused-ring (bicyclic) bond motifs is 10. The third-order valence-electron chi connectivity index (χ3n) is 8.93. The molecule has 0 atom stereocenters. The molecule has 0 fully saturated rings. The molecular formula is C40H30N2S. The summed E-state index contributed by atoms with van der Waals surface area (Å²) in [4.78, 5) is 0. The molecule has 0 amide bonds. The summed E-state index contributed by atoms with van der Waals surface area (Å²) in [6.45, 7) is 4.57. The van der Waals surface area contributed by atoms with Crippen molar-refractivity contribution in [3.8, 4) is 11.4 Å². The van der Waals surface area contributed by atoms with Gasteiger partial charge in [0.05, 0.1) is 22.1 Å². The lowest BCUT2D eigenvalue weighted by Gasteiger charge is -2.12. The second-order valence-corrected chi connectivity index (χ2v) is 13.2. The predicted octanol–water partition coefficient (Wildman–Crippen LogP) is 11.4. The van der Waals surface area contributed by atoms with Crippen LogP contribution in [0.15, 0.2) is 127 Å². The molecule has 0 bridgehead atoms. The first kappa shape index (κ1) is 24.7. The van der Waals surface area contributed by atoms with Gasteiger partial charge in [-0.3, -0.25) is 0 Å². The molecule has 0 aliphatic rings. The molecule has 2 nitrogen and oxygen atoms in total. The lowest BCUT2D eigenvalue weighted by Crippen LogP contribution is -1.98. The summed E-state index contributed by atoms with van der Waals surface area (Å²) in [5.41, 5.74) is 8.72. The maximum absolute atomic E-state index is 2.48. The fraction of sp³-hybridized carbons (Fsp3) is 0.100. The van der Waals surface area contributed by atoms with Crippen molar-refractivity contribution < 1.29 is 0 Å². The van der Waals surface area contributed by atoms with Crippen LogP contribution in [-0.4, -0.2) is 9.13 Å². The van der Waals surface area contributed by atoms with Gasteiger partial charge in [-0.15, -0.1) is 11.3 Å². The van der Waals surface area contributed by atoms with E-state index in [1.54, 1.807) is 0 Å². The van der Waals surface area contributed by atoms with Crippen molar-refractivity contribution in [2.45, 2.75) is 20.3 Å². The molecule has 0 spiro atoms. The molecule has 0 unspecified atom stereocenters. The number of nitrogens with zero attached hydrogens (tertiary/aromatic N) is 2. The predicted molar refractivity (Wildman–Crippen MR) is 187 cm³/mol. The quantitative estimate of drug-likeness (QED) is 0.199. The number of thiophene rings is 1. The summed E-state index contributed by atoms with van der Waals surface area (Å²) in [6, 6.07) is 47.3. The Morgan fingerprint density at radius 1 is 0.512 bits per heavy atom. The molecule has 0 aliphatic heterocycles. The molecule has 206 valence electrons. The molecule has 43 heavy (non-hydrogen) atoms. The van der Waals surface area contributed by atoms with Crippen molar-refractivity contribution in [3.05, 3.63) is 133 Å². The van der Waals surface area contributed by atoms with Gasteiger partial charge in [-0.25, -0.2) is 0 Å². The summed E-state index contributed by atoms with van der Waals surface area (Å²) in [5, 5.41) is 7.88. The number of aromatic nitrogens is 2. The standard InChI is InChI=1S/C40H30N2S/c1-25(2)23-26-15-17-27(18-16-26)41-36-22-21-32-31-11-5-8-14-38(31)43-40(32)39(36)33-20-19-28(24-37(33)41)42-34-12-6-3-9-29(34)30-10-4-7-13-35(30)42/h3-22,24-25H,23H2,1-2H3. The lowest BCUT2D eigenvalue weighted by molar-refractivity contribution is 0.647. The van der Waals surface area contributed by atoms with E-state index in [0.717, 1.165) is 6.42 Å². The van der Waals surface area contributed by atoms with Gasteiger partial charge in [0, 0.05) is 53.1 Å². The van der Waals surface area contributed by atoms with Gasteiger partial charge in [-0.1, -0.05) is 92.7 Å². The van der Waals surface area contributed by atoms with E-state index in [1.807, 2.05) is 11.3 Å². The number of benzene rings is 6. The molecule has 0 aliphatic carbocycles. The summed E-state index contributed by atoms with van der Waals surface area (Å²) < 4.78 is 7.60. The molecule has 9 aromatic rings. The maximum Gasteiger partial charge on any atom is 0.0562 e. The number of rotatable bonds is 4. The van der Waals surface area contributed by atoms with Gasteiger partial charge in [-0.2, -0.15) is 0 Å². The van der Waals surface area contributed by atoms with E-state index < -0.39 is 0 Å². The van der Waals surface area contributed by atoms with E-state index in [-0.39, 0.29) is 0 Å². The van der Waals surface area contributed by atoms with Crippen LogP contribution in [0.1, 0.15) is 19.4 Å². The Bertz CT molecular complexity index is 2450. The fourth-order valence-corrected chi connectivity index (χ4v) is 8.40. The van der Waals surface area contributed by atoms with Crippen molar-refractivity contribution in [3.63, 3.8) is 0 Å². The second kappa shape index (κ2) is 9.32. The smallest absolute Gasteiger partial charge is 0.0562 e. The normalized spacial score (nSPS) is 12.3. The lowest BCUT2D eigenvalue weighted by atomic mass is 10.0. The van der Waals surface area contributed by atoms with E-state index in [9.17, 15) is 0 Å². The molecule has 6 aromatic carbocycles. The van der Waals surface area contributed by atoms with E-state index >= 15 is 0 Å². The Morgan fingerprint density at radius 2 is 1.12 bits per heavy atom. The monoisotopic (exact) mass is 570 g/mol. The Kier molecular flexibility index (Phi) is 5.36. The minimum absolute atomic E-state index is 0.633. The summed E-state index contributed by atoms with van der Waals surface area (Å²) in [7, 11) is 0. The van der Waals surface area contributed by atoms with Crippen LogP contribution in [0, 0.1) is 5.92 Å². The van der Waals surface area contributed by atoms with Gasteiger partial charge in [0.1, 0.15) is 0 Å². The molecule has 3 aromatic heterocycles. The van der Waals surface area contributed by atoms with Crippen LogP contribution in [-0.2, 0) is 6.42 Å². The Hall–Kier alpha value is -4.86. The van der Waals surface area contributed by atoms with Gasteiger partial charge in [-0.05, 0) is 66.4 Å². The number of para-hydroxylation sites is 2. The molecule has 0 N–H and O–H groups in total. The van der Waals surface area contributed by atoms with Gasteiger partial charge >= 0.3 is 0 Å². The van der Waals surface area contributed by atoms with Crippen LogP contribution in [0.2, 0.25) is 0 Å². The molecule has 3 heteroatoms. The molecule has 9 rings (SSSR count). The maximum atomic E-state index is 2.48. The Balaban J connectivity index is 1.38. The highest BCUT2D eigenvalue weighted by Crippen LogP contribution is 2.44. The van der Waals surface area contributed by atoms with Gasteiger partial charge in [0.15, 0.2) is 0 Å². The highest BCUT2D eigenvalue weighted by molar-refractivity contribution is 7.26. The van der Waals surface area contributed by atoms with Crippen molar-refractivity contribution in [1.29, 1.82) is 0 Å². The van der Waals surface area contributed by atoms with Crippen LogP contribution in [0.4, 0.5) is 0 Å². The third kappa shape index (κ3) is 3.65. The van der Waals surface area contributed by atoms with Gasteiger partial charge < -0.3 is 9.13 Å². The molecule has 3 heterocycles. The summed E-state index contributed by atoms with van der Waals surface area (Å²) in [6.07, 6.45) is 1.09. The second-order valence-electron chi connectivity index (χ2n) is 12.1. The Morgan fingerprint density at radius 3 is 1.84 bits per heavy atom. The van der Waals surface area contributed by atoms with E-state index in [0.29, 0.717) is 5.92 Å². The van der Waals surface area contributed by atoms with E-state index in [1.165, 1.54) is 80.7 Å². The first-order chi connectivity index (χ1) is 21.2. The molecular weight excluding hydrogens is 541 g/mol. The average Bonchev–Trinajstić information content (AvgIpc) is 3.68. The van der Waals surface area contributed by atoms with Gasteiger partial charge in [0.25, 0.3) is 0 Å². The van der Waals surface area contributed by atoms with Crippen molar-refractivity contribution >= 4 is 75.1 Å². The van der Waals surface area contributed by atoms with E-state index in [2.05, 4.69) is 150 Å². The minimum Gasteiger partial charge on any atom is -0.309 e. The Labute approximate surface area is 254 Å². The van der Waals surface area contributed by atoms with Crippen molar-refractivity contribution in [2.75, 3.05) is 0 Å². The number of hydrogen-bond acceptors (Lipinski definition) is 1. The molecule has 0 radical (unpaired) electrons. The zero-order valence-corrected chi connectivity index (χ0v) is 25.0. The zero-order chi connectivity index (χ0) is 28.7. The third-order valence-corrected chi connectivity index (χ3v) is 10.1. The average molecular weight is 571 g/mol. The first-order valence-corrected chi connectivity index (χ1v) is 15.9. The highest BCUT2D eigenvalue weighted by atomic mass is 32.1. The molecule has 0 saturated carbocycles. The molecule has 0 saturated heterocycles. The highest BCUT2D eigenvalue weighted by Gasteiger charge is 2.19. The fourth-order valence-electron chi connectivity index (χ4n) is 7.14. The topological polar surface area (TPSA) is 9.86 Å². The van der Waals surface area contributed by atoms with Crippen LogP contribution >= 0.6 is 11.3 Å². The van der Waals surface area contributed by atoms with Crippen LogP contribution < -0.4 is 0 Å². The first-order valence-electron chi connectivity index (χ1n) is 15.1. The van der Waals surface area contributed by atoms with Crippen LogP contribution in [0.5, 0.6) is 0 Å². The number of hydrogen-bond donors (Lipinski definition) is 0. The largest absolute Gasteiger partial charge is 0.309 e. The van der Waals surface area contributed by atoms with Crippen LogP contribution in [0.3, 0.4) is 0 Å². The van der Waals surface area contributed by atoms with Gasteiger partial charge in [0.2, 0.25) is 0 Å². The van der Waals surface area contributed by atoms with E-state index in [4.69, 9.17) is 0 Å². The summed E-state index contributed by atoms with van der Waals surface area (Å²) in [5.74, 6) is 0.633. The minimum atomic E-state index is 0.633.